The average molecular weight is 330 g/mol. The van der Waals surface area contributed by atoms with Gasteiger partial charge in [0.15, 0.2) is 0 Å². The molecule has 1 amide bonds. The number of benzene rings is 2. The maximum atomic E-state index is 12.5. The summed E-state index contributed by atoms with van der Waals surface area (Å²) in [6, 6.07) is 15.0. The van der Waals surface area contributed by atoms with Gasteiger partial charge in [-0.1, -0.05) is 0 Å². The van der Waals surface area contributed by atoms with Crippen LogP contribution in [0.5, 0.6) is 0 Å². The van der Waals surface area contributed by atoms with Gasteiger partial charge in [-0.2, -0.15) is 13.2 Å². The van der Waals surface area contributed by atoms with Gasteiger partial charge in [-0.25, -0.2) is 0 Å². The first-order valence-electron chi connectivity index (χ1n) is 7.15. The van der Waals surface area contributed by atoms with E-state index in [0.717, 1.165) is 17.8 Å². The second-order valence-corrected chi connectivity index (χ2v) is 5.17. The number of amides is 1. The van der Waals surface area contributed by atoms with E-state index in [9.17, 15) is 18.0 Å². The summed E-state index contributed by atoms with van der Waals surface area (Å²) in [5.74, 6) is -0.381. The first-order valence-corrected chi connectivity index (χ1v) is 7.15. The van der Waals surface area contributed by atoms with E-state index >= 15 is 0 Å². The van der Waals surface area contributed by atoms with Crippen molar-refractivity contribution in [3.63, 3.8) is 0 Å². The molecule has 2 aromatic carbocycles. The third-order valence-electron chi connectivity index (χ3n) is 3.50. The molecule has 3 nitrogen and oxygen atoms in total. The molecule has 1 aromatic heterocycles. The van der Waals surface area contributed by atoms with Crippen LogP contribution in [-0.4, -0.2) is 10.5 Å². The highest BCUT2D eigenvalue weighted by molar-refractivity contribution is 6.04. The van der Waals surface area contributed by atoms with Crippen LogP contribution in [0.3, 0.4) is 0 Å². The number of nitrogens with one attached hydrogen (secondary N) is 1. The number of alkyl halides is 3. The molecule has 1 heterocycles. The van der Waals surface area contributed by atoms with Crippen LogP contribution < -0.4 is 5.32 Å². The van der Waals surface area contributed by atoms with Crippen LogP contribution in [-0.2, 0) is 6.18 Å². The lowest BCUT2D eigenvalue weighted by molar-refractivity contribution is -0.137. The third kappa shape index (κ3) is 3.48. The van der Waals surface area contributed by atoms with Crippen molar-refractivity contribution in [2.24, 2.45) is 0 Å². The molecule has 6 heteroatoms. The highest BCUT2D eigenvalue weighted by Gasteiger charge is 2.29. The summed E-state index contributed by atoms with van der Waals surface area (Å²) in [7, 11) is 0. The fourth-order valence-electron chi connectivity index (χ4n) is 2.24. The molecule has 3 rings (SSSR count). The Bertz CT molecular complexity index is 820. The first kappa shape index (κ1) is 15.9. The molecule has 0 aliphatic carbocycles. The monoisotopic (exact) mass is 330 g/mol. The van der Waals surface area contributed by atoms with Crippen LogP contribution in [0.25, 0.3) is 5.69 Å². The van der Waals surface area contributed by atoms with Crippen LogP contribution in [0.4, 0.5) is 18.9 Å². The minimum absolute atomic E-state index is 0.308. The first-order chi connectivity index (χ1) is 11.4. The Hall–Kier alpha value is -3.02. The summed E-state index contributed by atoms with van der Waals surface area (Å²) in [5.41, 5.74) is 0.885. The number of aromatic nitrogens is 1. The quantitative estimate of drug-likeness (QED) is 0.739. The van der Waals surface area contributed by atoms with Gasteiger partial charge < -0.3 is 9.88 Å². The van der Waals surface area contributed by atoms with Gasteiger partial charge in [0.1, 0.15) is 0 Å². The maximum absolute atomic E-state index is 12.5. The van der Waals surface area contributed by atoms with E-state index < -0.39 is 11.7 Å². The zero-order valence-electron chi connectivity index (χ0n) is 12.4. The van der Waals surface area contributed by atoms with Crippen molar-refractivity contribution in [1.29, 1.82) is 0 Å². The summed E-state index contributed by atoms with van der Waals surface area (Å²) < 4.78 is 39.4. The molecule has 1 N–H and O–H groups in total. The van der Waals surface area contributed by atoms with Crippen LogP contribution in [0, 0.1) is 0 Å². The lowest BCUT2D eigenvalue weighted by Crippen LogP contribution is -2.12. The van der Waals surface area contributed by atoms with Crippen molar-refractivity contribution < 1.29 is 18.0 Å². The van der Waals surface area contributed by atoms with E-state index in [1.54, 1.807) is 24.3 Å². The smallest absolute Gasteiger partial charge is 0.324 e. The van der Waals surface area contributed by atoms with Crippen LogP contribution in [0.15, 0.2) is 73.1 Å². The SMILES string of the molecule is O=C(Nc1ccc(C(F)(F)F)cc1)c1ccc(-n2cccc2)cc1. The minimum atomic E-state index is -4.39. The molecule has 0 spiro atoms. The molecular weight excluding hydrogens is 317 g/mol. The molecule has 0 unspecified atom stereocenters. The highest BCUT2D eigenvalue weighted by Crippen LogP contribution is 2.29. The van der Waals surface area contributed by atoms with Gasteiger partial charge in [0, 0.05) is 29.3 Å². The van der Waals surface area contributed by atoms with Gasteiger partial charge in [0.2, 0.25) is 0 Å². The summed E-state index contributed by atoms with van der Waals surface area (Å²) in [4.78, 5) is 12.2. The molecular formula is C18H13F3N2O. The molecule has 0 aliphatic heterocycles. The third-order valence-corrected chi connectivity index (χ3v) is 3.50. The largest absolute Gasteiger partial charge is 0.416 e. The summed E-state index contributed by atoms with van der Waals surface area (Å²) in [5, 5.41) is 2.58. The molecule has 3 aromatic rings. The normalized spacial score (nSPS) is 11.3. The summed E-state index contributed by atoms with van der Waals surface area (Å²) >= 11 is 0. The van der Waals surface area contributed by atoms with Gasteiger partial charge in [0.25, 0.3) is 5.91 Å². The zero-order valence-corrected chi connectivity index (χ0v) is 12.4. The fourth-order valence-corrected chi connectivity index (χ4v) is 2.24. The number of hydrogen-bond acceptors (Lipinski definition) is 1. The number of rotatable bonds is 3. The molecule has 0 saturated carbocycles. The van der Waals surface area contributed by atoms with E-state index in [0.29, 0.717) is 11.3 Å². The van der Waals surface area contributed by atoms with E-state index in [1.807, 2.05) is 29.1 Å². The van der Waals surface area contributed by atoms with Gasteiger partial charge in [-0.05, 0) is 60.7 Å². The standard InChI is InChI=1S/C18H13F3N2O/c19-18(20,21)14-5-7-15(8-6-14)22-17(24)13-3-9-16(10-4-13)23-11-1-2-12-23/h1-12H,(H,22,24). The van der Waals surface area contributed by atoms with E-state index in [2.05, 4.69) is 5.32 Å². The van der Waals surface area contributed by atoms with Gasteiger partial charge in [-0.3, -0.25) is 4.79 Å². The highest BCUT2D eigenvalue weighted by atomic mass is 19.4. The molecule has 0 fully saturated rings. The number of carbonyl (C=O) groups is 1. The van der Waals surface area contributed by atoms with E-state index in [4.69, 9.17) is 0 Å². The van der Waals surface area contributed by atoms with Crippen molar-refractivity contribution in [2.75, 3.05) is 5.32 Å². The maximum Gasteiger partial charge on any atom is 0.416 e. The van der Waals surface area contributed by atoms with Crippen molar-refractivity contribution >= 4 is 11.6 Å². The predicted molar refractivity (Wildman–Crippen MR) is 85.2 cm³/mol. The summed E-state index contributed by atoms with van der Waals surface area (Å²) in [6.45, 7) is 0. The fraction of sp³-hybridized carbons (Fsp3) is 0.0556. The number of carbonyl (C=O) groups excluding carboxylic acids is 1. The van der Waals surface area contributed by atoms with Crippen molar-refractivity contribution in [3.05, 3.63) is 84.2 Å². The van der Waals surface area contributed by atoms with Crippen molar-refractivity contribution in [3.8, 4) is 5.69 Å². The molecule has 0 saturated heterocycles. The van der Waals surface area contributed by atoms with Crippen molar-refractivity contribution in [2.45, 2.75) is 6.18 Å². The lowest BCUT2D eigenvalue weighted by Gasteiger charge is -2.09. The zero-order chi connectivity index (χ0) is 17.2. The van der Waals surface area contributed by atoms with E-state index in [1.165, 1.54) is 12.1 Å². The molecule has 0 bridgehead atoms. The number of anilines is 1. The van der Waals surface area contributed by atoms with Gasteiger partial charge in [0.05, 0.1) is 5.56 Å². The molecule has 0 atom stereocenters. The number of nitrogens with zero attached hydrogens (tertiary/aromatic N) is 1. The Labute approximate surface area is 136 Å². The topological polar surface area (TPSA) is 34.0 Å². The molecule has 122 valence electrons. The van der Waals surface area contributed by atoms with Crippen molar-refractivity contribution in [1.82, 2.24) is 4.57 Å². The van der Waals surface area contributed by atoms with E-state index in [-0.39, 0.29) is 5.91 Å². The number of halogens is 3. The second kappa shape index (κ2) is 6.23. The summed E-state index contributed by atoms with van der Waals surface area (Å²) in [6.07, 6.45) is -0.620. The van der Waals surface area contributed by atoms with Gasteiger partial charge in [-0.15, -0.1) is 0 Å². The van der Waals surface area contributed by atoms with Crippen LogP contribution in [0.2, 0.25) is 0 Å². The lowest BCUT2D eigenvalue weighted by atomic mass is 10.1. The Balaban J connectivity index is 1.71. The predicted octanol–water partition coefficient (Wildman–Crippen LogP) is 4.75. The Kier molecular flexibility index (Phi) is 4.12. The van der Waals surface area contributed by atoms with Crippen LogP contribution >= 0.6 is 0 Å². The van der Waals surface area contributed by atoms with Gasteiger partial charge >= 0.3 is 6.18 Å². The Morgan fingerprint density at radius 3 is 2.00 bits per heavy atom. The van der Waals surface area contributed by atoms with Crippen LogP contribution in [0.1, 0.15) is 15.9 Å². The molecule has 0 radical (unpaired) electrons. The molecule has 0 aliphatic rings. The minimum Gasteiger partial charge on any atom is -0.324 e. The Morgan fingerprint density at radius 1 is 0.875 bits per heavy atom. The Morgan fingerprint density at radius 2 is 1.46 bits per heavy atom. The molecule has 24 heavy (non-hydrogen) atoms. The number of hydrogen-bond donors (Lipinski definition) is 1. The average Bonchev–Trinajstić information content (AvgIpc) is 3.09. The second-order valence-electron chi connectivity index (χ2n) is 5.17.